The van der Waals surface area contributed by atoms with Crippen molar-refractivity contribution in [1.82, 2.24) is 4.90 Å². The molecular weight excluding hydrogens is 328 g/mol. The Balaban J connectivity index is 2.26. The molecule has 0 N–H and O–H groups in total. The van der Waals surface area contributed by atoms with E-state index in [0.717, 1.165) is 5.56 Å². The number of carbonyl (C=O) groups is 2. The highest BCUT2D eigenvalue weighted by Crippen LogP contribution is 2.34. The quantitative estimate of drug-likeness (QED) is 0.584. The minimum Gasteiger partial charge on any atom is -0.481 e. The number of ether oxygens (including phenoxy) is 2. The molecule has 1 aromatic carbocycles. The summed E-state index contributed by atoms with van der Waals surface area (Å²) < 4.78 is 10.1. The summed E-state index contributed by atoms with van der Waals surface area (Å²) in [6, 6.07) is 7.23. The van der Waals surface area contributed by atoms with Crippen molar-refractivity contribution >= 4 is 34.9 Å². The van der Waals surface area contributed by atoms with Crippen molar-refractivity contribution in [3.63, 3.8) is 0 Å². The fraction of sp³-hybridized carbons (Fsp3) is 0.353. The lowest BCUT2D eigenvalue weighted by Gasteiger charge is -2.11. The standard InChI is InChI=1S/C17H20N2O4S/c1-4-18-17-19(5-2)16(21)14(24-17)10-12-8-6-7-9-13(12)23-11-15(20)22-3/h6-10H,4-5,11H2,1-3H3/b14-10+,18-17?. The van der Waals surface area contributed by atoms with Crippen molar-refractivity contribution < 1.29 is 19.1 Å². The van der Waals surface area contributed by atoms with E-state index in [1.807, 2.05) is 26.0 Å². The van der Waals surface area contributed by atoms with E-state index < -0.39 is 5.97 Å². The molecule has 128 valence electrons. The number of likely N-dealkylation sites (N-methyl/N-ethyl adjacent to an activating group) is 1. The van der Waals surface area contributed by atoms with Gasteiger partial charge in [-0.1, -0.05) is 18.2 Å². The van der Waals surface area contributed by atoms with Crippen LogP contribution in [0.5, 0.6) is 5.75 Å². The molecule has 0 spiro atoms. The number of nitrogens with zero attached hydrogens (tertiary/aromatic N) is 2. The van der Waals surface area contributed by atoms with Crippen molar-refractivity contribution in [2.24, 2.45) is 4.99 Å². The Morgan fingerprint density at radius 2 is 2.08 bits per heavy atom. The van der Waals surface area contributed by atoms with Crippen molar-refractivity contribution in [2.75, 3.05) is 26.8 Å². The highest BCUT2D eigenvalue weighted by atomic mass is 32.2. The first-order chi connectivity index (χ1) is 11.6. The van der Waals surface area contributed by atoms with Crippen LogP contribution in [0.3, 0.4) is 0 Å². The molecule has 0 radical (unpaired) electrons. The lowest BCUT2D eigenvalue weighted by molar-refractivity contribution is -0.142. The number of amides is 1. The van der Waals surface area contributed by atoms with Crippen LogP contribution in [-0.4, -0.2) is 48.8 Å². The van der Waals surface area contributed by atoms with Gasteiger partial charge in [0.15, 0.2) is 11.8 Å². The average molecular weight is 348 g/mol. The molecule has 1 amide bonds. The van der Waals surface area contributed by atoms with Crippen molar-refractivity contribution in [1.29, 1.82) is 0 Å². The number of aliphatic imine (C=N–C) groups is 1. The molecule has 1 aromatic rings. The molecule has 1 heterocycles. The zero-order valence-corrected chi connectivity index (χ0v) is 14.8. The second kappa shape index (κ2) is 8.54. The molecule has 0 saturated carbocycles. The third-order valence-electron chi connectivity index (χ3n) is 3.28. The monoisotopic (exact) mass is 348 g/mol. The third-order valence-corrected chi connectivity index (χ3v) is 4.32. The molecule has 1 fully saturated rings. The molecule has 0 unspecified atom stereocenters. The maximum Gasteiger partial charge on any atom is 0.343 e. The van der Waals surface area contributed by atoms with Gasteiger partial charge in [-0.15, -0.1) is 0 Å². The predicted octanol–water partition coefficient (Wildman–Crippen LogP) is 2.55. The van der Waals surface area contributed by atoms with Crippen molar-refractivity contribution in [3.8, 4) is 5.75 Å². The van der Waals surface area contributed by atoms with Crippen molar-refractivity contribution in [3.05, 3.63) is 34.7 Å². The van der Waals surface area contributed by atoms with Crippen LogP contribution in [-0.2, 0) is 14.3 Å². The maximum atomic E-state index is 12.5. The Morgan fingerprint density at radius 1 is 1.33 bits per heavy atom. The number of thioether (sulfide) groups is 1. The molecule has 6 nitrogen and oxygen atoms in total. The van der Waals surface area contributed by atoms with Gasteiger partial charge < -0.3 is 9.47 Å². The lowest BCUT2D eigenvalue weighted by Crippen LogP contribution is -2.28. The summed E-state index contributed by atoms with van der Waals surface area (Å²) in [5, 5.41) is 0.712. The highest BCUT2D eigenvalue weighted by molar-refractivity contribution is 8.18. The smallest absolute Gasteiger partial charge is 0.343 e. The predicted molar refractivity (Wildman–Crippen MR) is 94.9 cm³/mol. The largest absolute Gasteiger partial charge is 0.481 e. The Labute approximate surface area is 145 Å². The number of para-hydroxylation sites is 1. The number of amidine groups is 1. The van der Waals surface area contributed by atoms with Crippen LogP contribution in [0.4, 0.5) is 0 Å². The van der Waals surface area contributed by atoms with Gasteiger partial charge in [-0.25, -0.2) is 4.79 Å². The molecule has 2 rings (SSSR count). The highest BCUT2D eigenvalue weighted by Gasteiger charge is 2.32. The number of methoxy groups -OCH3 is 1. The molecule has 24 heavy (non-hydrogen) atoms. The van der Waals surface area contributed by atoms with Gasteiger partial charge in [0, 0.05) is 18.7 Å². The summed E-state index contributed by atoms with van der Waals surface area (Å²) in [4.78, 5) is 30.3. The molecule has 0 bridgehead atoms. The molecule has 7 heteroatoms. The molecule has 0 aromatic heterocycles. The number of benzene rings is 1. The first kappa shape index (κ1) is 18.1. The van der Waals surface area contributed by atoms with E-state index in [-0.39, 0.29) is 12.5 Å². The van der Waals surface area contributed by atoms with Crippen molar-refractivity contribution in [2.45, 2.75) is 13.8 Å². The number of hydrogen-bond donors (Lipinski definition) is 0. The average Bonchev–Trinajstić information content (AvgIpc) is 2.89. The Morgan fingerprint density at radius 3 is 2.75 bits per heavy atom. The Hall–Kier alpha value is -2.28. The van der Waals surface area contributed by atoms with E-state index in [1.165, 1.54) is 18.9 Å². The summed E-state index contributed by atoms with van der Waals surface area (Å²) in [5.41, 5.74) is 0.728. The minimum atomic E-state index is -0.460. The van der Waals surface area contributed by atoms with Crippen LogP contribution < -0.4 is 4.74 Å². The number of carbonyl (C=O) groups excluding carboxylic acids is 2. The first-order valence-electron chi connectivity index (χ1n) is 7.65. The van der Waals surface area contributed by atoms with E-state index in [2.05, 4.69) is 9.73 Å². The van der Waals surface area contributed by atoms with Gasteiger partial charge in [-0.2, -0.15) is 0 Å². The molecule has 0 atom stereocenters. The minimum absolute atomic E-state index is 0.0718. The molecule has 1 aliphatic heterocycles. The summed E-state index contributed by atoms with van der Waals surface area (Å²) >= 11 is 1.35. The Kier molecular flexibility index (Phi) is 6.43. The van der Waals surface area contributed by atoms with Gasteiger partial charge in [-0.3, -0.25) is 14.7 Å². The molecule has 1 saturated heterocycles. The van der Waals surface area contributed by atoms with Crippen LogP contribution in [0.1, 0.15) is 19.4 Å². The normalized spacial score (nSPS) is 17.6. The molecule has 1 aliphatic rings. The summed E-state index contributed by atoms with van der Waals surface area (Å²) in [6.45, 7) is 4.87. The summed E-state index contributed by atoms with van der Waals surface area (Å²) in [5.74, 6) is -0.0107. The van der Waals surface area contributed by atoms with E-state index in [1.54, 1.807) is 23.1 Å². The van der Waals surface area contributed by atoms with Gasteiger partial charge >= 0.3 is 5.97 Å². The van der Waals surface area contributed by atoms with E-state index in [9.17, 15) is 9.59 Å². The van der Waals surface area contributed by atoms with E-state index in [4.69, 9.17) is 4.74 Å². The number of rotatable bonds is 6. The topological polar surface area (TPSA) is 68.2 Å². The van der Waals surface area contributed by atoms with Gasteiger partial charge in [0.25, 0.3) is 5.91 Å². The second-order valence-electron chi connectivity index (χ2n) is 4.82. The Bertz CT molecular complexity index is 685. The van der Waals surface area contributed by atoms with Gasteiger partial charge in [-0.05, 0) is 37.8 Å². The van der Waals surface area contributed by atoms with E-state index in [0.29, 0.717) is 28.9 Å². The van der Waals surface area contributed by atoms with Crippen LogP contribution in [0, 0.1) is 0 Å². The van der Waals surface area contributed by atoms with Crippen LogP contribution in [0.2, 0.25) is 0 Å². The fourth-order valence-electron chi connectivity index (χ4n) is 2.11. The van der Waals surface area contributed by atoms with E-state index >= 15 is 0 Å². The molecular formula is C17H20N2O4S. The summed E-state index contributed by atoms with van der Waals surface area (Å²) in [6.07, 6.45) is 1.76. The maximum absolute atomic E-state index is 12.5. The van der Waals surface area contributed by atoms with Gasteiger partial charge in [0.05, 0.1) is 12.0 Å². The van der Waals surface area contributed by atoms with Crippen LogP contribution in [0.25, 0.3) is 6.08 Å². The lowest BCUT2D eigenvalue weighted by atomic mass is 10.2. The van der Waals surface area contributed by atoms with Gasteiger partial charge in [0.2, 0.25) is 0 Å². The molecule has 0 aliphatic carbocycles. The fourth-order valence-corrected chi connectivity index (χ4v) is 3.20. The SMILES string of the molecule is CCN=C1S/C(=C/c2ccccc2OCC(=O)OC)C(=O)N1CC. The second-order valence-corrected chi connectivity index (χ2v) is 5.83. The number of hydrogen-bond acceptors (Lipinski definition) is 6. The first-order valence-corrected chi connectivity index (χ1v) is 8.46. The number of esters is 1. The van der Waals surface area contributed by atoms with Gasteiger partial charge in [0.1, 0.15) is 5.75 Å². The zero-order valence-electron chi connectivity index (χ0n) is 13.9. The summed E-state index contributed by atoms with van der Waals surface area (Å²) in [7, 11) is 1.31. The zero-order chi connectivity index (χ0) is 17.5. The van der Waals surface area contributed by atoms with Crippen LogP contribution >= 0.6 is 11.8 Å². The third kappa shape index (κ3) is 4.17. The van der Waals surface area contributed by atoms with Crippen LogP contribution in [0.15, 0.2) is 34.2 Å².